The second-order valence-electron chi connectivity index (χ2n) is 11.3. The van der Waals surface area contributed by atoms with Gasteiger partial charge in [0.1, 0.15) is 5.78 Å². The Kier molecular flexibility index (Phi) is 8.91. The van der Waals surface area contributed by atoms with Crippen LogP contribution in [0.2, 0.25) is 0 Å². The predicted octanol–water partition coefficient (Wildman–Crippen LogP) is 4.22. The van der Waals surface area contributed by atoms with Gasteiger partial charge in [-0.05, 0) is 69.5 Å². The van der Waals surface area contributed by atoms with Crippen LogP contribution in [-0.4, -0.2) is 60.1 Å². The van der Waals surface area contributed by atoms with Gasteiger partial charge in [-0.2, -0.15) is 0 Å². The van der Waals surface area contributed by atoms with Crippen molar-refractivity contribution < 1.29 is 14.4 Å². The van der Waals surface area contributed by atoms with Gasteiger partial charge < -0.3 is 10.2 Å². The number of carbonyl (C=O) groups is 3. The highest BCUT2D eigenvalue weighted by Crippen LogP contribution is 2.29. The quantitative estimate of drug-likeness (QED) is 0.648. The Balaban J connectivity index is 1.61. The van der Waals surface area contributed by atoms with Crippen molar-refractivity contribution in [1.82, 2.24) is 15.1 Å². The summed E-state index contributed by atoms with van der Waals surface area (Å²) >= 11 is 0. The van der Waals surface area contributed by atoms with Crippen molar-refractivity contribution in [3.05, 3.63) is 22.9 Å². The first-order valence-corrected chi connectivity index (χ1v) is 12.9. The number of allylic oxidation sites excluding steroid dienone is 2. The minimum Gasteiger partial charge on any atom is -0.339 e. The van der Waals surface area contributed by atoms with Crippen molar-refractivity contribution in [3.8, 4) is 0 Å². The Morgan fingerprint density at radius 1 is 0.970 bits per heavy atom. The van der Waals surface area contributed by atoms with Crippen LogP contribution in [0.15, 0.2) is 22.9 Å². The first-order chi connectivity index (χ1) is 15.6. The Morgan fingerprint density at radius 2 is 1.67 bits per heavy atom. The fourth-order valence-corrected chi connectivity index (χ4v) is 5.22. The van der Waals surface area contributed by atoms with E-state index in [1.165, 1.54) is 12.8 Å². The highest BCUT2D eigenvalue weighted by atomic mass is 16.2. The van der Waals surface area contributed by atoms with Crippen LogP contribution in [0.1, 0.15) is 85.5 Å². The molecule has 6 heteroatoms. The van der Waals surface area contributed by atoms with Crippen LogP contribution in [0, 0.1) is 11.3 Å². The number of nitrogens with one attached hydrogen (secondary N) is 1. The summed E-state index contributed by atoms with van der Waals surface area (Å²) in [5.74, 6) is 0.357. The fraction of sp³-hybridized carbons (Fsp3) is 0.741. The van der Waals surface area contributed by atoms with Gasteiger partial charge in [-0.25, -0.2) is 0 Å². The zero-order chi connectivity index (χ0) is 24.0. The lowest BCUT2D eigenvalue weighted by Crippen LogP contribution is -2.39. The van der Waals surface area contributed by atoms with Gasteiger partial charge in [-0.15, -0.1) is 0 Å². The minimum atomic E-state index is -0.0319. The second kappa shape index (κ2) is 11.5. The molecule has 0 aromatic heterocycles. The summed E-state index contributed by atoms with van der Waals surface area (Å²) in [5.41, 5.74) is 2.35. The second-order valence-corrected chi connectivity index (χ2v) is 11.3. The smallest absolute Gasteiger partial charge is 0.252 e. The highest BCUT2D eigenvalue weighted by molar-refractivity contribution is 5.97. The van der Waals surface area contributed by atoms with Crippen molar-refractivity contribution >= 4 is 17.6 Å². The molecule has 3 rings (SSSR count). The number of carbonyl (C=O) groups excluding carboxylic acids is 3. The van der Waals surface area contributed by atoms with E-state index in [-0.39, 0.29) is 23.1 Å². The van der Waals surface area contributed by atoms with Crippen molar-refractivity contribution in [2.75, 3.05) is 32.7 Å². The Labute approximate surface area is 199 Å². The van der Waals surface area contributed by atoms with E-state index in [9.17, 15) is 14.4 Å². The maximum Gasteiger partial charge on any atom is 0.252 e. The van der Waals surface area contributed by atoms with Crippen molar-refractivity contribution in [2.45, 2.75) is 85.5 Å². The zero-order valence-electron chi connectivity index (χ0n) is 21.2. The van der Waals surface area contributed by atoms with E-state index in [4.69, 9.17) is 0 Å². The maximum atomic E-state index is 13.4. The number of hydrogen-bond acceptors (Lipinski definition) is 4. The average Bonchev–Trinajstić information content (AvgIpc) is 2.96. The molecule has 0 aromatic carbocycles. The molecule has 184 valence electrons. The lowest BCUT2D eigenvalue weighted by atomic mass is 9.83. The van der Waals surface area contributed by atoms with Crippen molar-refractivity contribution in [3.63, 3.8) is 0 Å². The molecule has 0 saturated carbocycles. The molecule has 0 bridgehead atoms. The van der Waals surface area contributed by atoms with E-state index in [1.54, 1.807) is 0 Å². The van der Waals surface area contributed by atoms with E-state index in [1.807, 2.05) is 17.9 Å². The topological polar surface area (TPSA) is 69.7 Å². The molecule has 0 spiro atoms. The maximum absolute atomic E-state index is 13.4. The third-order valence-electron chi connectivity index (χ3n) is 7.07. The predicted molar refractivity (Wildman–Crippen MR) is 131 cm³/mol. The molecule has 0 aromatic rings. The Hall–Kier alpha value is -1.95. The lowest BCUT2D eigenvalue weighted by molar-refractivity contribution is -0.128. The van der Waals surface area contributed by atoms with Crippen LogP contribution in [0.4, 0.5) is 0 Å². The molecule has 2 heterocycles. The molecule has 3 aliphatic rings. The largest absolute Gasteiger partial charge is 0.339 e. The van der Waals surface area contributed by atoms with Gasteiger partial charge in [0.25, 0.3) is 5.91 Å². The van der Waals surface area contributed by atoms with Gasteiger partial charge >= 0.3 is 0 Å². The fourth-order valence-electron chi connectivity index (χ4n) is 5.22. The Bertz CT molecular complexity index is 798. The molecular formula is C27H43N3O3. The number of ketones is 1. The first kappa shape index (κ1) is 25.7. The summed E-state index contributed by atoms with van der Waals surface area (Å²) in [6.07, 6.45) is 10.4. The van der Waals surface area contributed by atoms with Crippen molar-refractivity contribution in [1.29, 1.82) is 0 Å². The van der Waals surface area contributed by atoms with Crippen molar-refractivity contribution in [2.24, 2.45) is 11.3 Å². The average molecular weight is 458 g/mol. The van der Waals surface area contributed by atoms with Crippen LogP contribution >= 0.6 is 0 Å². The highest BCUT2D eigenvalue weighted by Gasteiger charge is 2.31. The standard InChI is InChI=1S/C27H43N3O3/c1-20-11-12-22(25(20)28-24(32)19-29-14-7-5-6-8-15-29)26(33)30-16-9-10-21(13-17-30)23(31)18-27(2,3)4/h11,21H,5-10,12-19H2,1-4H3,(H,28,32). The number of hydrogen-bond donors (Lipinski definition) is 1. The molecule has 1 N–H and O–H groups in total. The van der Waals surface area contributed by atoms with Gasteiger partial charge in [0.2, 0.25) is 5.91 Å². The SMILES string of the molecule is CC1=CCC(C(=O)N2CCCC(C(=O)CC(C)(C)C)CC2)=C1NC(=O)CN1CCCCCC1. The third kappa shape index (κ3) is 7.53. The minimum absolute atomic E-state index is 0.00279. The van der Waals surface area contributed by atoms with Crippen LogP contribution in [0.3, 0.4) is 0 Å². The van der Waals surface area contributed by atoms with Gasteiger partial charge in [0, 0.05) is 31.0 Å². The molecule has 6 nitrogen and oxygen atoms in total. The first-order valence-electron chi connectivity index (χ1n) is 12.9. The summed E-state index contributed by atoms with van der Waals surface area (Å²) < 4.78 is 0. The molecule has 2 aliphatic heterocycles. The molecule has 2 saturated heterocycles. The van der Waals surface area contributed by atoms with Gasteiger partial charge in [-0.1, -0.05) is 39.7 Å². The molecule has 1 aliphatic carbocycles. The Morgan fingerprint density at radius 3 is 2.33 bits per heavy atom. The summed E-state index contributed by atoms with van der Waals surface area (Å²) in [7, 11) is 0. The monoisotopic (exact) mass is 457 g/mol. The summed E-state index contributed by atoms with van der Waals surface area (Å²) in [6, 6.07) is 0. The summed E-state index contributed by atoms with van der Waals surface area (Å²) in [4.78, 5) is 43.0. The number of rotatable bonds is 6. The number of amides is 2. The van der Waals surface area contributed by atoms with Gasteiger partial charge in [0.05, 0.1) is 12.2 Å². The van der Waals surface area contributed by atoms with Crippen LogP contribution in [-0.2, 0) is 14.4 Å². The molecule has 1 unspecified atom stereocenters. The van der Waals surface area contributed by atoms with E-state index < -0.39 is 0 Å². The molecule has 2 fully saturated rings. The van der Waals surface area contributed by atoms with Crippen LogP contribution in [0.25, 0.3) is 0 Å². The molecule has 1 atom stereocenters. The summed E-state index contributed by atoms with van der Waals surface area (Å²) in [6.45, 7) is 11.9. The van der Waals surface area contributed by atoms with Crippen LogP contribution < -0.4 is 5.32 Å². The zero-order valence-corrected chi connectivity index (χ0v) is 21.2. The number of likely N-dealkylation sites (tertiary alicyclic amines) is 2. The molecular weight excluding hydrogens is 414 g/mol. The molecule has 33 heavy (non-hydrogen) atoms. The van der Waals surface area contributed by atoms with E-state index in [0.29, 0.717) is 49.5 Å². The van der Waals surface area contributed by atoms with E-state index in [2.05, 4.69) is 31.0 Å². The third-order valence-corrected chi connectivity index (χ3v) is 7.07. The van der Waals surface area contributed by atoms with E-state index >= 15 is 0 Å². The molecule has 2 amide bonds. The van der Waals surface area contributed by atoms with Crippen LogP contribution in [0.5, 0.6) is 0 Å². The van der Waals surface area contributed by atoms with Gasteiger partial charge in [0.15, 0.2) is 0 Å². The summed E-state index contributed by atoms with van der Waals surface area (Å²) in [5, 5.41) is 3.06. The normalized spacial score (nSPS) is 23.1. The van der Waals surface area contributed by atoms with E-state index in [0.717, 1.165) is 50.8 Å². The van der Waals surface area contributed by atoms with Gasteiger partial charge in [-0.3, -0.25) is 19.3 Å². The number of Topliss-reactive ketones (excluding diaryl/α,β-unsaturated/α-hetero) is 1. The number of nitrogens with zero attached hydrogens (tertiary/aromatic N) is 2. The molecule has 0 radical (unpaired) electrons. The lowest BCUT2D eigenvalue weighted by Gasteiger charge is -2.24.